The highest BCUT2D eigenvalue weighted by Crippen LogP contribution is 2.17. The van der Waals surface area contributed by atoms with Crippen molar-refractivity contribution in [2.45, 2.75) is 31.7 Å². The molecule has 0 aliphatic rings. The fourth-order valence-electron chi connectivity index (χ4n) is 2.06. The molecule has 112 valence electrons. The summed E-state index contributed by atoms with van der Waals surface area (Å²) in [5, 5.41) is 3.26. The number of hydrogen-bond acceptors (Lipinski definition) is 4. The molecule has 21 heavy (non-hydrogen) atoms. The van der Waals surface area contributed by atoms with Crippen LogP contribution >= 0.6 is 0 Å². The molecular weight excluding hydrogens is 284 g/mol. The molecule has 5 heteroatoms. The van der Waals surface area contributed by atoms with Crippen molar-refractivity contribution in [3.05, 3.63) is 53.9 Å². The van der Waals surface area contributed by atoms with E-state index in [4.69, 9.17) is 0 Å². The van der Waals surface area contributed by atoms with Crippen LogP contribution < -0.4 is 5.32 Å². The first-order valence-electron chi connectivity index (χ1n) is 7.00. The molecule has 2 aromatic rings. The van der Waals surface area contributed by atoms with Gasteiger partial charge in [0, 0.05) is 11.9 Å². The van der Waals surface area contributed by atoms with Gasteiger partial charge in [0.15, 0.2) is 9.84 Å². The molecule has 0 bridgehead atoms. The molecule has 1 aromatic carbocycles. The highest BCUT2D eigenvalue weighted by molar-refractivity contribution is 7.91. The van der Waals surface area contributed by atoms with E-state index in [9.17, 15) is 8.42 Å². The number of aromatic nitrogens is 1. The summed E-state index contributed by atoms with van der Waals surface area (Å²) in [5.41, 5.74) is 3.00. The number of sulfone groups is 1. The van der Waals surface area contributed by atoms with E-state index in [0.717, 1.165) is 16.9 Å². The number of benzene rings is 1. The maximum absolute atomic E-state index is 11.9. The third-order valence-corrected chi connectivity index (χ3v) is 5.20. The van der Waals surface area contributed by atoms with E-state index in [-0.39, 0.29) is 5.75 Å². The predicted molar refractivity (Wildman–Crippen MR) is 85.1 cm³/mol. The van der Waals surface area contributed by atoms with Gasteiger partial charge in [0.05, 0.1) is 22.9 Å². The molecule has 0 radical (unpaired) electrons. The third-order valence-electron chi connectivity index (χ3n) is 3.26. The first kappa shape index (κ1) is 15.5. The van der Waals surface area contributed by atoms with Gasteiger partial charge in [-0.15, -0.1) is 0 Å². The Hall–Kier alpha value is -1.88. The first-order chi connectivity index (χ1) is 10.0. The Balaban J connectivity index is 2.05. The van der Waals surface area contributed by atoms with Gasteiger partial charge in [-0.2, -0.15) is 0 Å². The number of anilines is 1. The van der Waals surface area contributed by atoms with Crippen LogP contribution in [0.4, 0.5) is 5.69 Å². The maximum Gasteiger partial charge on any atom is 0.178 e. The quantitative estimate of drug-likeness (QED) is 0.890. The number of aryl methyl sites for hydroxylation is 1. The van der Waals surface area contributed by atoms with Gasteiger partial charge in [0.2, 0.25) is 0 Å². The second kappa shape index (κ2) is 6.72. The Morgan fingerprint density at radius 1 is 1.14 bits per heavy atom. The standard InChI is InChI=1S/C16H20N2O2S/c1-3-11-21(19,20)15-8-6-14(7-9-15)18-12-16-13(2)5-4-10-17-16/h4-10,18H,3,11-12H2,1-2H3. The lowest BCUT2D eigenvalue weighted by molar-refractivity contribution is 0.595. The van der Waals surface area contributed by atoms with E-state index in [1.54, 1.807) is 30.5 Å². The van der Waals surface area contributed by atoms with E-state index in [0.29, 0.717) is 17.9 Å². The molecule has 0 atom stereocenters. The Morgan fingerprint density at radius 2 is 1.86 bits per heavy atom. The molecule has 1 N–H and O–H groups in total. The Morgan fingerprint density at radius 3 is 2.48 bits per heavy atom. The smallest absolute Gasteiger partial charge is 0.178 e. The summed E-state index contributed by atoms with van der Waals surface area (Å²) >= 11 is 0. The number of pyridine rings is 1. The molecule has 0 amide bonds. The van der Waals surface area contributed by atoms with Crippen LogP contribution in [-0.2, 0) is 16.4 Å². The van der Waals surface area contributed by atoms with E-state index in [1.807, 2.05) is 26.0 Å². The summed E-state index contributed by atoms with van der Waals surface area (Å²) < 4.78 is 23.9. The van der Waals surface area contributed by atoms with Crippen molar-refractivity contribution < 1.29 is 8.42 Å². The van der Waals surface area contributed by atoms with Gasteiger partial charge in [-0.1, -0.05) is 13.0 Å². The zero-order valence-electron chi connectivity index (χ0n) is 12.3. The Bertz CT molecular complexity index is 694. The number of nitrogens with one attached hydrogen (secondary N) is 1. The zero-order valence-corrected chi connectivity index (χ0v) is 13.2. The van der Waals surface area contributed by atoms with Crippen molar-refractivity contribution in [3.63, 3.8) is 0 Å². The van der Waals surface area contributed by atoms with Crippen molar-refractivity contribution in [2.75, 3.05) is 11.1 Å². The van der Waals surface area contributed by atoms with Crippen molar-refractivity contribution in [1.29, 1.82) is 0 Å². The number of rotatable bonds is 6. The highest BCUT2D eigenvalue weighted by Gasteiger charge is 2.12. The van der Waals surface area contributed by atoms with Gasteiger partial charge < -0.3 is 5.32 Å². The number of nitrogens with zero attached hydrogens (tertiary/aromatic N) is 1. The molecular formula is C16H20N2O2S. The van der Waals surface area contributed by atoms with Crippen molar-refractivity contribution in [1.82, 2.24) is 4.98 Å². The van der Waals surface area contributed by atoms with Crippen molar-refractivity contribution >= 4 is 15.5 Å². The van der Waals surface area contributed by atoms with Crippen LogP contribution in [0, 0.1) is 6.92 Å². The molecule has 1 heterocycles. The minimum Gasteiger partial charge on any atom is -0.379 e. The van der Waals surface area contributed by atoms with Crippen molar-refractivity contribution in [2.24, 2.45) is 0 Å². The van der Waals surface area contributed by atoms with Gasteiger partial charge in [0.25, 0.3) is 0 Å². The fourth-order valence-corrected chi connectivity index (χ4v) is 3.38. The van der Waals surface area contributed by atoms with Crippen LogP contribution in [0.5, 0.6) is 0 Å². The topological polar surface area (TPSA) is 59.1 Å². The molecule has 0 unspecified atom stereocenters. The summed E-state index contributed by atoms with van der Waals surface area (Å²) in [6, 6.07) is 10.8. The monoisotopic (exact) mass is 304 g/mol. The van der Waals surface area contributed by atoms with Gasteiger partial charge in [-0.05, 0) is 49.2 Å². The lowest BCUT2D eigenvalue weighted by Gasteiger charge is -2.09. The Kier molecular flexibility index (Phi) is 4.96. The van der Waals surface area contributed by atoms with E-state index in [2.05, 4.69) is 10.3 Å². The molecule has 0 fully saturated rings. The lowest BCUT2D eigenvalue weighted by Crippen LogP contribution is -2.06. The summed E-state index contributed by atoms with van der Waals surface area (Å²) in [6.07, 6.45) is 2.39. The molecule has 0 spiro atoms. The molecule has 0 saturated carbocycles. The first-order valence-corrected chi connectivity index (χ1v) is 8.65. The summed E-state index contributed by atoms with van der Waals surface area (Å²) in [4.78, 5) is 4.69. The van der Waals surface area contributed by atoms with Gasteiger partial charge in [0.1, 0.15) is 0 Å². The summed E-state index contributed by atoms with van der Waals surface area (Å²) in [6.45, 7) is 4.50. The molecule has 1 aromatic heterocycles. The molecule has 0 saturated heterocycles. The zero-order chi connectivity index (χ0) is 15.3. The normalized spacial score (nSPS) is 11.3. The van der Waals surface area contributed by atoms with Crippen LogP contribution in [0.2, 0.25) is 0 Å². The maximum atomic E-state index is 11.9. The van der Waals surface area contributed by atoms with E-state index in [1.165, 1.54) is 0 Å². The largest absolute Gasteiger partial charge is 0.379 e. The van der Waals surface area contributed by atoms with Crippen LogP contribution in [0.15, 0.2) is 47.5 Å². The fraction of sp³-hybridized carbons (Fsp3) is 0.312. The second-order valence-corrected chi connectivity index (χ2v) is 7.07. The second-order valence-electron chi connectivity index (χ2n) is 4.96. The molecule has 0 aliphatic heterocycles. The van der Waals surface area contributed by atoms with Crippen LogP contribution in [0.25, 0.3) is 0 Å². The average molecular weight is 304 g/mol. The summed E-state index contributed by atoms with van der Waals surface area (Å²) in [7, 11) is -3.14. The lowest BCUT2D eigenvalue weighted by atomic mass is 10.2. The predicted octanol–water partition coefficient (Wildman–Crippen LogP) is 3.19. The molecule has 2 rings (SSSR count). The van der Waals surface area contributed by atoms with Gasteiger partial charge in [-0.3, -0.25) is 4.98 Å². The highest BCUT2D eigenvalue weighted by atomic mass is 32.2. The minimum atomic E-state index is -3.14. The Labute approximate surface area is 126 Å². The van der Waals surface area contributed by atoms with Crippen LogP contribution in [0.1, 0.15) is 24.6 Å². The molecule has 4 nitrogen and oxygen atoms in total. The van der Waals surface area contributed by atoms with Gasteiger partial charge >= 0.3 is 0 Å². The van der Waals surface area contributed by atoms with Gasteiger partial charge in [-0.25, -0.2) is 8.42 Å². The third kappa shape index (κ3) is 4.04. The number of hydrogen-bond donors (Lipinski definition) is 1. The minimum absolute atomic E-state index is 0.187. The van der Waals surface area contributed by atoms with E-state index < -0.39 is 9.84 Å². The SMILES string of the molecule is CCCS(=O)(=O)c1ccc(NCc2ncccc2C)cc1. The van der Waals surface area contributed by atoms with Crippen LogP contribution in [0.3, 0.4) is 0 Å². The van der Waals surface area contributed by atoms with Crippen molar-refractivity contribution in [3.8, 4) is 0 Å². The molecule has 0 aliphatic carbocycles. The summed E-state index contributed by atoms with van der Waals surface area (Å²) in [5.74, 6) is 0.187. The van der Waals surface area contributed by atoms with E-state index >= 15 is 0 Å². The van der Waals surface area contributed by atoms with Crippen LogP contribution in [-0.4, -0.2) is 19.2 Å². The average Bonchev–Trinajstić information content (AvgIpc) is 2.47.